The number of fused-ring (bicyclic) bond motifs is 1. The van der Waals surface area contributed by atoms with E-state index in [1.165, 1.54) is 0 Å². The highest BCUT2D eigenvalue weighted by Crippen LogP contribution is 2.25. The van der Waals surface area contributed by atoms with Gasteiger partial charge in [-0.05, 0) is 23.6 Å². The lowest BCUT2D eigenvalue weighted by molar-refractivity contribution is 0.422. The Morgan fingerprint density at radius 3 is 3.00 bits per heavy atom. The number of benzene rings is 1. The van der Waals surface area contributed by atoms with Crippen LogP contribution >= 0.6 is 11.3 Å². The maximum Gasteiger partial charge on any atom is 0.177 e. The molecule has 0 radical (unpaired) electrons. The van der Waals surface area contributed by atoms with Crippen molar-refractivity contribution in [1.29, 1.82) is 0 Å². The van der Waals surface area contributed by atoms with Crippen molar-refractivity contribution in [3.8, 4) is 10.6 Å². The lowest BCUT2D eigenvalue weighted by Gasteiger charge is -1.99. The van der Waals surface area contributed by atoms with Crippen LogP contribution in [-0.2, 0) is 6.54 Å². The molecule has 3 heterocycles. The van der Waals surface area contributed by atoms with Gasteiger partial charge in [0.2, 0.25) is 0 Å². The number of hydrogen-bond donors (Lipinski definition) is 0. The third-order valence-electron chi connectivity index (χ3n) is 3.18. The fourth-order valence-electron chi connectivity index (χ4n) is 2.23. The summed E-state index contributed by atoms with van der Waals surface area (Å²) in [5.41, 5.74) is 3.00. The topological polar surface area (TPSA) is 43.9 Å². The van der Waals surface area contributed by atoms with Crippen molar-refractivity contribution in [2.75, 3.05) is 0 Å². The summed E-state index contributed by atoms with van der Waals surface area (Å²) in [6, 6.07) is 14.1. The van der Waals surface area contributed by atoms with E-state index in [4.69, 9.17) is 4.52 Å². The maximum absolute atomic E-state index is 5.40. The highest BCUT2D eigenvalue weighted by atomic mass is 32.1. The van der Waals surface area contributed by atoms with E-state index < -0.39 is 0 Å². The number of hydrogen-bond acceptors (Lipinski definition) is 4. The molecule has 0 amide bonds. The van der Waals surface area contributed by atoms with Crippen molar-refractivity contribution in [3.63, 3.8) is 0 Å². The Kier molecular flexibility index (Phi) is 2.63. The van der Waals surface area contributed by atoms with Gasteiger partial charge in [-0.3, -0.25) is 0 Å². The highest BCUT2D eigenvalue weighted by Gasteiger charge is 2.09. The number of imidazole rings is 1. The molecule has 0 aliphatic carbocycles. The van der Waals surface area contributed by atoms with E-state index in [2.05, 4.69) is 20.8 Å². The summed E-state index contributed by atoms with van der Waals surface area (Å²) in [4.78, 5) is 5.47. The third-order valence-corrected chi connectivity index (χ3v) is 4.07. The van der Waals surface area contributed by atoms with Crippen molar-refractivity contribution < 1.29 is 4.52 Å². The second kappa shape index (κ2) is 4.61. The fourth-order valence-corrected chi connectivity index (χ4v) is 2.91. The molecule has 20 heavy (non-hydrogen) atoms. The van der Waals surface area contributed by atoms with E-state index in [0.29, 0.717) is 6.54 Å². The summed E-state index contributed by atoms with van der Waals surface area (Å²) in [6.07, 6.45) is 1.84. The Morgan fingerprint density at radius 2 is 2.10 bits per heavy atom. The van der Waals surface area contributed by atoms with Crippen molar-refractivity contribution in [2.45, 2.75) is 6.54 Å². The molecule has 1 aromatic carbocycles. The number of nitrogens with zero attached hydrogens (tertiary/aromatic N) is 3. The van der Waals surface area contributed by atoms with Gasteiger partial charge in [-0.2, -0.15) is 0 Å². The number of para-hydroxylation sites is 2. The van der Waals surface area contributed by atoms with E-state index >= 15 is 0 Å². The van der Waals surface area contributed by atoms with Crippen molar-refractivity contribution >= 4 is 22.4 Å². The van der Waals surface area contributed by atoms with E-state index in [9.17, 15) is 0 Å². The van der Waals surface area contributed by atoms with Crippen LogP contribution in [0, 0.1) is 0 Å². The average molecular weight is 281 g/mol. The number of aromatic nitrogens is 3. The molecular weight excluding hydrogens is 270 g/mol. The minimum absolute atomic E-state index is 0.662. The van der Waals surface area contributed by atoms with Gasteiger partial charge in [-0.15, -0.1) is 11.3 Å². The first-order chi connectivity index (χ1) is 9.90. The maximum atomic E-state index is 5.40. The molecule has 0 spiro atoms. The molecule has 5 heteroatoms. The lowest BCUT2D eigenvalue weighted by atomic mass is 10.3. The zero-order chi connectivity index (χ0) is 13.4. The standard InChI is InChI=1S/C15H11N3OS/c1-2-5-13-12(4-1)16-10-18(13)9-11-8-14(19-17-11)15-6-3-7-20-15/h1-8,10H,9H2. The van der Waals surface area contributed by atoms with Gasteiger partial charge >= 0.3 is 0 Å². The van der Waals surface area contributed by atoms with E-state index in [1.807, 2.05) is 48.1 Å². The Hall–Kier alpha value is -2.40. The average Bonchev–Trinajstić information content (AvgIpc) is 3.19. The number of rotatable bonds is 3. The molecule has 0 fully saturated rings. The van der Waals surface area contributed by atoms with Crippen LogP contribution in [0.4, 0.5) is 0 Å². The summed E-state index contributed by atoms with van der Waals surface area (Å²) in [7, 11) is 0. The van der Waals surface area contributed by atoms with Crippen LogP contribution < -0.4 is 0 Å². The molecule has 0 atom stereocenters. The first-order valence-corrected chi connectivity index (χ1v) is 7.17. The smallest absolute Gasteiger partial charge is 0.177 e. The highest BCUT2D eigenvalue weighted by molar-refractivity contribution is 7.13. The van der Waals surface area contributed by atoms with Gasteiger partial charge in [-0.25, -0.2) is 4.98 Å². The van der Waals surface area contributed by atoms with Gasteiger partial charge in [0.15, 0.2) is 5.76 Å². The van der Waals surface area contributed by atoms with Crippen LogP contribution in [-0.4, -0.2) is 14.7 Å². The fraction of sp³-hybridized carbons (Fsp3) is 0.0667. The second-order valence-electron chi connectivity index (χ2n) is 4.52. The van der Waals surface area contributed by atoms with Crippen LogP contribution in [0.25, 0.3) is 21.7 Å². The van der Waals surface area contributed by atoms with Crippen molar-refractivity contribution in [2.24, 2.45) is 0 Å². The molecule has 0 saturated carbocycles. The molecule has 4 nitrogen and oxygen atoms in total. The van der Waals surface area contributed by atoms with Crippen LogP contribution in [0.2, 0.25) is 0 Å². The van der Waals surface area contributed by atoms with Crippen molar-refractivity contribution in [1.82, 2.24) is 14.7 Å². The van der Waals surface area contributed by atoms with Crippen LogP contribution in [0.15, 0.2) is 58.7 Å². The Bertz CT molecular complexity index is 845. The van der Waals surface area contributed by atoms with E-state index in [0.717, 1.165) is 27.4 Å². The molecule has 98 valence electrons. The van der Waals surface area contributed by atoms with E-state index in [1.54, 1.807) is 11.3 Å². The van der Waals surface area contributed by atoms with Crippen molar-refractivity contribution in [3.05, 3.63) is 59.9 Å². The summed E-state index contributed by atoms with van der Waals surface area (Å²) in [5.74, 6) is 0.819. The first-order valence-electron chi connectivity index (χ1n) is 6.29. The Balaban J connectivity index is 1.66. The molecule has 4 rings (SSSR count). The van der Waals surface area contributed by atoms with Crippen LogP contribution in [0.5, 0.6) is 0 Å². The molecule has 0 bridgehead atoms. The normalized spacial score (nSPS) is 11.2. The van der Waals surface area contributed by atoms with Crippen LogP contribution in [0.3, 0.4) is 0 Å². The lowest BCUT2D eigenvalue weighted by Crippen LogP contribution is -1.97. The van der Waals surface area contributed by atoms with Gasteiger partial charge in [-0.1, -0.05) is 23.4 Å². The number of thiophene rings is 1. The predicted molar refractivity (Wildman–Crippen MR) is 78.7 cm³/mol. The third kappa shape index (κ3) is 1.92. The minimum atomic E-state index is 0.662. The summed E-state index contributed by atoms with van der Waals surface area (Å²) in [5, 5.41) is 6.17. The molecular formula is C15H11N3OS. The largest absolute Gasteiger partial charge is 0.355 e. The molecule has 0 unspecified atom stereocenters. The molecule has 4 aromatic rings. The monoisotopic (exact) mass is 281 g/mol. The van der Waals surface area contributed by atoms with Gasteiger partial charge in [0.05, 0.1) is 28.8 Å². The minimum Gasteiger partial charge on any atom is -0.355 e. The summed E-state index contributed by atoms with van der Waals surface area (Å²) < 4.78 is 7.47. The van der Waals surface area contributed by atoms with E-state index in [-0.39, 0.29) is 0 Å². The zero-order valence-electron chi connectivity index (χ0n) is 10.6. The predicted octanol–water partition coefficient (Wildman–Crippen LogP) is 3.80. The molecule has 0 N–H and O–H groups in total. The molecule has 0 aliphatic heterocycles. The summed E-state index contributed by atoms with van der Waals surface area (Å²) >= 11 is 1.65. The van der Waals surface area contributed by atoms with Gasteiger partial charge in [0.1, 0.15) is 5.69 Å². The SMILES string of the molecule is c1csc(-c2cc(Cn3cnc4ccccc43)no2)c1. The Labute approximate surface area is 119 Å². The molecule has 0 aliphatic rings. The van der Waals surface area contributed by atoms with Gasteiger partial charge in [0, 0.05) is 6.07 Å². The van der Waals surface area contributed by atoms with Gasteiger partial charge in [0.25, 0.3) is 0 Å². The van der Waals surface area contributed by atoms with Gasteiger partial charge < -0.3 is 9.09 Å². The zero-order valence-corrected chi connectivity index (χ0v) is 11.4. The van der Waals surface area contributed by atoms with Crippen LogP contribution in [0.1, 0.15) is 5.69 Å². The second-order valence-corrected chi connectivity index (χ2v) is 5.47. The Morgan fingerprint density at radius 1 is 1.15 bits per heavy atom. The quantitative estimate of drug-likeness (QED) is 0.573. The molecule has 0 saturated heterocycles. The first kappa shape index (κ1) is 11.4. The summed E-state index contributed by atoms with van der Waals surface area (Å²) in [6.45, 7) is 0.662. The molecule has 3 aromatic heterocycles.